The van der Waals surface area contributed by atoms with Crippen molar-refractivity contribution in [3.8, 4) is 11.5 Å². The van der Waals surface area contributed by atoms with Gasteiger partial charge in [0.2, 0.25) is 0 Å². The molecule has 0 saturated carbocycles. The van der Waals surface area contributed by atoms with Crippen molar-refractivity contribution < 1.29 is 9.53 Å². The van der Waals surface area contributed by atoms with Crippen LogP contribution >= 0.6 is 0 Å². The van der Waals surface area contributed by atoms with Crippen molar-refractivity contribution in [2.45, 2.75) is 13.8 Å². The summed E-state index contributed by atoms with van der Waals surface area (Å²) in [5, 5.41) is 0. The summed E-state index contributed by atoms with van der Waals surface area (Å²) in [5.74, 6) is 1.06. The van der Waals surface area contributed by atoms with Crippen LogP contribution in [-0.4, -0.2) is 15.8 Å². The number of nitrogens with zero attached hydrogens (tertiary/aromatic N) is 1. The molecule has 5 nitrogen and oxygen atoms in total. The topological polar surface area (TPSA) is 72.0 Å². The zero-order chi connectivity index (χ0) is 13.1. The first kappa shape index (κ1) is 12.0. The number of aryl methyl sites for hydroxylation is 1. The molecule has 5 heteroatoms. The molecule has 0 fully saturated rings. The molecule has 0 aliphatic rings. The van der Waals surface area contributed by atoms with E-state index < -0.39 is 5.69 Å². The van der Waals surface area contributed by atoms with Crippen LogP contribution in [0.3, 0.4) is 0 Å². The first-order chi connectivity index (χ1) is 8.56. The van der Waals surface area contributed by atoms with Crippen LogP contribution in [0.2, 0.25) is 0 Å². The fourth-order valence-electron chi connectivity index (χ4n) is 1.46. The van der Waals surface area contributed by atoms with Crippen molar-refractivity contribution in [2.75, 3.05) is 0 Å². The van der Waals surface area contributed by atoms with Crippen molar-refractivity contribution in [2.24, 2.45) is 0 Å². The number of Topliss-reactive ketones (excluding diaryl/α,β-unsaturated/α-hetero) is 1. The lowest BCUT2D eigenvalue weighted by atomic mass is 10.1. The third-order valence-electron chi connectivity index (χ3n) is 2.45. The van der Waals surface area contributed by atoms with Crippen molar-refractivity contribution in [1.29, 1.82) is 0 Å². The van der Waals surface area contributed by atoms with E-state index in [9.17, 15) is 9.59 Å². The summed E-state index contributed by atoms with van der Waals surface area (Å²) in [6.07, 6.45) is 1.37. The Kier molecular flexibility index (Phi) is 3.23. The summed E-state index contributed by atoms with van der Waals surface area (Å²) in [5.41, 5.74) is 0.816. The highest BCUT2D eigenvalue weighted by atomic mass is 16.5. The molecular formula is C13H12N2O3. The number of H-pyrrole nitrogens is 1. The summed E-state index contributed by atoms with van der Waals surface area (Å²) < 4.78 is 5.55. The largest absolute Gasteiger partial charge is 0.454 e. The van der Waals surface area contributed by atoms with E-state index in [1.807, 2.05) is 0 Å². The molecule has 0 aliphatic heterocycles. The fourth-order valence-corrected chi connectivity index (χ4v) is 1.46. The van der Waals surface area contributed by atoms with Gasteiger partial charge in [0.05, 0.1) is 11.9 Å². The third kappa shape index (κ3) is 2.63. The van der Waals surface area contributed by atoms with E-state index in [4.69, 9.17) is 4.74 Å². The van der Waals surface area contributed by atoms with E-state index in [0.29, 0.717) is 22.8 Å². The lowest BCUT2D eigenvalue weighted by Crippen LogP contribution is -2.11. The van der Waals surface area contributed by atoms with Crippen molar-refractivity contribution in [1.82, 2.24) is 9.97 Å². The van der Waals surface area contributed by atoms with E-state index in [1.165, 1.54) is 13.1 Å². The van der Waals surface area contributed by atoms with Gasteiger partial charge in [0.15, 0.2) is 11.5 Å². The summed E-state index contributed by atoms with van der Waals surface area (Å²) in [6, 6.07) is 6.76. The number of aromatic nitrogens is 2. The molecule has 0 bridgehead atoms. The molecule has 0 radical (unpaired) electrons. The second-order valence-electron chi connectivity index (χ2n) is 3.86. The minimum absolute atomic E-state index is 0.00318. The predicted molar refractivity (Wildman–Crippen MR) is 66.1 cm³/mol. The van der Waals surface area contributed by atoms with Gasteiger partial charge in [0.25, 0.3) is 0 Å². The normalized spacial score (nSPS) is 10.1. The summed E-state index contributed by atoms with van der Waals surface area (Å²) >= 11 is 0. The standard InChI is InChI=1S/C13H12N2O3/c1-8-12(7-14-13(17)15-8)18-11-5-3-10(4-6-11)9(2)16/h3-7H,1-2H3,(H,14,15,17). The van der Waals surface area contributed by atoms with Crippen LogP contribution in [0.15, 0.2) is 35.3 Å². The van der Waals surface area contributed by atoms with E-state index in [0.717, 1.165) is 0 Å². The zero-order valence-corrected chi connectivity index (χ0v) is 10.1. The van der Waals surface area contributed by atoms with Gasteiger partial charge in [-0.25, -0.2) is 4.79 Å². The highest BCUT2D eigenvalue weighted by Gasteiger charge is 2.04. The van der Waals surface area contributed by atoms with Crippen LogP contribution < -0.4 is 10.4 Å². The van der Waals surface area contributed by atoms with Gasteiger partial charge in [0.1, 0.15) is 5.75 Å². The quantitative estimate of drug-likeness (QED) is 0.839. The number of carbonyl (C=O) groups excluding carboxylic acids is 1. The van der Waals surface area contributed by atoms with Gasteiger partial charge in [-0.2, -0.15) is 4.98 Å². The molecule has 18 heavy (non-hydrogen) atoms. The molecule has 1 aromatic heterocycles. The number of nitrogens with one attached hydrogen (secondary N) is 1. The average molecular weight is 244 g/mol. The zero-order valence-electron chi connectivity index (χ0n) is 10.1. The van der Waals surface area contributed by atoms with E-state index >= 15 is 0 Å². The third-order valence-corrected chi connectivity index (χ3v) is 2.45. The molecule has 1 aromatic carbocycles. The molecule has 0 spiro atoms. The van der Waals surface area contributed by atoms with Gasteiger partial charge >= 0.3 is 5.69 Å². The summed E-state index contributed by atoms with van der Waals surface area (Å²) in [4.78, 5) is 28.2. The average Bonchev–Trinajstić information content (AvgIpc) is 2.33. The van der Waals surface area contributed by atoms with Gasteiger partial charge in [0, 0.05) is 5.56 Å². The first-order valence-corrected chi connectivity index (χ1v) is 5.41. The maximum atomic E-state index is 11.1. The van der Waals surface area contributed by atoms with Crippen LogP contribution in [-0.2, 0) is 0 Å². The second kappa shape index (κ2) is 4.83. The number of rotatable bonds is 3. The lowest BCUT2D eigenvalue weighted by molar-refractivity contribution is 0.101. The Balaban J connectivity index is 2.23. The fraction of sp³-hybridized carbons (Fsp3) is 0.154. The van der Waals surface area contributed by atoms with Crippen molar-refractivity contribution in [3.05, 3.63) is 52.2 Å². The predicted octanol–water partition coefficient (Wildman–Crippen LogP) is 2.07. The van der Waals surface area contributed by atoms with Crippen LogP contribution in [0, 0.1) is 6.92 Å². The minimum Gasteiger partial charge on any atom is -0.454 e. The summed E-state index contributed by atoms with van der Waals surface area (Å²) in [6.45, 7) is 3.23. The van der Waals surface area contributed by atoms with Gasteiger partial charge in [-0.3, -0.25) is 4.79 Å². The molecule has 92 valence electrons. The van der Waals surface area contributed by atoms with Crippen LogP contribution in [0.4, 0.5) is 0 Å². The van der Waals surface area contributed by atoms with Gasteiger partial charge in [-0.15, -0.1) is 0 Å². The van der Waals surface area contributed by atoms with Crippen LogP contribution in [0.1, 0.15) is 23.0 Å². The Hall–Kier alpha value is -2.43. The highest BCUT2D eigenvalue weighted by molar-refractivity contribution is 5.94. The molecule has 0 aliphatic carbocycles. The second-order valence-corrected chi connectivity index (χ2v) is 3.86. The molecule has 0 unspecified atom stereocenters. The number of ketones is 1. The Morgan fingerprint density at radius 3 is 2.50 bits per heavy atom. The Bertz CT molecular complexity index is 629. The van der Waals surface area contributed by atoms with Crippen molar-refractivity contribution in [3.63, 3.8) is 0 Å². The first-order valence-electron chi connectivity index (χ1n) is 5.41. The smallest absolute Gasteiger partial charge is 0.345 e. The van der Waals surface area contributed by atoms with Crippen LogP contribution in [0.25, 0.3) is 0 Å². The van der Waals surface area contributed by atoms with E-state index in [1.54, 1.807) is 31.2 Å². The number of hydrogen-bond donors (Lipinski definition) is 1. The monoisotopic (exact) mass is 244 g/mol. The number of carbonyl (C=O) groups is 1. The van der Waals surface area contributed by atoms with Gasteiger partial charge in [-0.05, 0) is 38.1 Å². The summed E-state index contributed by atoms with van der Waals surface area (Å²) in [7, 11) is 0. The van der Waals surface area contributed by atoms with Crippen molar-refractivity contribution >= 4 is 5.78 Å². The molecule has 0 atom stereocenters. The molecule has 1 N–H and O–H groups in total. The molecule has 0 amide bonds. The van der Waals surface area contributed by atoms with E-state index in [-0.39, 0.29) is 5.78 Å². The van der Waals surface area contributed by atoms with Crippen LogP contribution in [0.5, 0.6) is 11.5 Å². The molecule has 1 heterocycles. The Labute approximate surface area is 103 Å². The lowest BCUT2D eigenvalue weighted by Gasteiger charge is -2.07. The maximum Gasteiger partial charge on any atom is 0.345 e. The number of aromatic amines is 1. The number of hydrogen-bond acceptors (Lipinski definition) is 4. The van der Waals surface area contributed by atoms with Gasteiger partial charge < -0.3 is 9.72 Å². The number of benzene rings is 1. The molecular weight excluding hydrogens is 232 g/mol. The Morgan fingerprint density at radius 2 is 1.94 bits per heavy atom. The minimum atomic E-state index is -0.410. The van der Waals surface area contributed by atoms with E-state index in [2.05, 4.69) is 9.97 Å². The highest BCUT2D eigenvalue weighted by Crippen LogP contribution is 2.22. The molecule has 2 aromatic rings. The Morgan fingerprint density at radius 1 is 1.28 bits per heavy atom. The molecule has 0 saturated heterocycles. The van der Waals surface area contributed by atoms with Gasteiger partial charge in [-0.1, -0.05) is 0 Å². The SMILES string of the molecule is CC(=O)c1ccc(Oc2cnc(=O)[nH]c2C)cc1. The maximum absolute atomic E-state index is 11.1. The number of ether oxygens (including phenoxy) is 1. The molecule has 2 rings (SSSR count).